The number of sulfonamides is 1. The van der Waals surface area contributed by atoms with E-state index in [0.29, 0.717) is 5.02 Å². The average molecular weight is 452 g/mol. The monoisotopic (exact) mass is 451 g/mol. The van der Waals surface area contributed by atoms with E-state index in [2.05, 4.69) is 10.2 Å². The van der Waals surface area contributed by atoms with Gasteiger partial charge in [-0.1, -0.05) is 23.7 Å². The first kappa shape index (κ1) is 22.6. The maximum Gasteiger partial charge on any atom is 0.243 e. The first-order valence-corrected chi connectivity index (χ1v) is 11.5. The van der Waals surface area contributed by atoms with Crippen molar-refractivity contribution in [2.75, 3.05) is 44.8 Å². The Kier molecular flexibility index (Phi) is 7.36. The van der Waals surface area contributed by atoms with Crippen LogP contribution in [0.3, 0.4) is 0 Å². The smallest absolute Gasteiger partial charge is 0.243 e. The second-order valence-electron chi connectivity index (χ2n) is 7.20. The average Bonchev–Trinajstić information content (AvgIpc) is 2.74. The van der Waals surface area contributed by atoms with E-state index in [1.165, 1.54) is 31.3 Å². The van der Waals surface area contributed by atoms with Crippen LogP contribution in [0.25, 0.3) is 0 Å². The van der Waals surface area contributed by atoms with Crippen LogP contribution >= 0.6 is 11.6 Å². The van der Waals surface area contributed by atoms with Crippen LogP contribution in [0.2, 0.25) is 5.02 Å². The predicted octanol–water partition coefficient (Wildman–Crippen LogP) is 2.67. The number of rotatable bonds is 7. The maximum absolute atomic E-state index is 12.6. The van der Waals surface area contributed by atoms with Crippen LogP contribution in [0.15, 0.2) is 53.4 Å². The molecule has 1 atom stereocenters. The lowest BCUT2D eigenvalue weighted by Gasteiger charge is -2.29. The molecule has 2 aromatic rings. The molecule has 1 heterocycles. The van der Waals surface area contributed by atoms with Crippen molar-refractivity contribution >= 4 is 33.2 Å². The fourth-order valence-electron chi connectivity index (χ4n) is 3.24. The number of hydrogen-bond acceptors (Lipinski definition) is 5. The molecule has 0 spiro atoms. The van der Waals surface area contributed by atoms with Gasteiger partial charge in [-0.3, -0.25) is 4.79 Å². The second-order valence-corrected chi connectivity index (χ2v) is 9.68. The largest absolute Gasteiger partial charge is 0.378 e. The number of amides is 1. The summed E-state index contributed by atoms with van der Waals surface area (Å²) in [6.45, 7) is 4.76. The van der Waals surface area contributed by atoms with E-state index >= 15 is 0 Å². The number of benzene rings is 2. The van der Waals surface area contributed by atoms with Crippen LogP contribution in [0.5, 0.6) is 0 Å². The second kappa shape index (κ2) is 9.78. The molecule has 0 radical (unpaired) electrons. The van der Waals surface area contributed by atoms with Gasteiger partial charge in [0.1, 0.15) is 0 Å². The van der Waals surface area contributed by atoms with Gasteiger partial charge < -0.3 is 15.0 Å². The van der Waals surface area contributed by atoms with E-state index in [4.69, 9.17) is 16.3 Å². The number of nitrogens with one attached hydrogen (secondary N) is 1. The Balaban J connectivity index is 1.57. The Hall–Kier alpha value is -2.13. The molecule has 0 aliphatic carbocycles. The van der Waals surface area contributed by atoms with E-state index in [9.17, 15) is 13.2 Å². The van der Waals surface area contributed by atoms with Crippen molar-refractivity contribution < 1.29 is 17.9 Å². The third-order valence-corrected chi connectivity index (χ3v) is 7.10. The lowest BCUT2D eigenvalue weighted by molar-refractivity contribution is -0.121. The highest BCUT2D eigenvalue weighted by Crippen LogP contribution is 2.21. The van der Waals surface area contributed by atoms with E-state index in [1.807, 2.05) is 31.2 Å². The highest BCUT2D eigenvalue weighted by Gasteiger charge is 2.23. The van der Waals surface area contributed by atoms with Crippen LogP contribution in [-0.2, 0) is 19.6 Å². The standard InChI is InChI=1S/C21H26ClN3O4S/c1-16(17-3-7-19(8-4-17)25-11-13-29-14-12-25)23-21(26)15-24(2)30(27,28)20-9-5-18(22)6-10-20/h3-10,16H,11-15H2,1-2H3,(H,23,26). The van der Waals surface area contributed by atoms with E-state index in [1.54, 1.807) is 0 Å². The van der Waals surface area contributed by atoms with Crippen molar-refractivity contribution in [1.29, 1.82) is 0 Å². The molecular weight excluding hydrogens is 426 g/mol. The number of nitrogens with zero attached hydrogens (tertiary/aromatic N) is 2. The van der Waals surface area contributed by atoms with Gasteiger partial charge in [0.05, 0.1) is 30.7 Å². The molecular formula is C21H26ClN3O4S. The van der Waals surface area contributed by atoms with Gasteiger partial charge >= 0.3 is 0 Å². The van der Waals surface area contributed by atoms with E-state index in [0.717, 1.165) is 41.9 Å². The first-order valence-electron chi connectivity index (χ1n) is 9.71. The SMILES string of the molecule is CC(NC(=O)CN(C)S(=O)(=O)c1ccc(Cl)cc1)c1ccc(N2CCOCC2)cc1. The summed E-state index contributed by atoms with van der Waals surface area (Å²) < 4.78 is 31.6. The van der Waals surface area contributed by atoms with Gasteiger partial charge in [0.2, 0.25) is 15.9 Å². The Labute approximate surface area is 182 Å². The number of likely N-dealkylation sites (N-methyl/N-ethyl adjacent to an activating group) is 1. The van der Waals surface area contributed by atoms with Gasteiger partial charge in [0, 0.05) is 30.8 Å². The van der Waals surface area contributed by atoms with Crippen molar-refractivity contribution in [1.82, 2.24) is 9.62 Å². The van der Waals surface area contributed by atoms with Gasteiger partial charge in [-0.2, -0.15) is 4.31 Å². The van der Waals surface area contributed by atoms with Crippen LogP contribution in [0.4, 0.5) is 5.69 Å². The highest BCUT2D eigenvalue weighted by molar-refractivity contribution is 7.89. The molecule has 7 nitrogen and oxygen atoms in total. The molecule has 3 rings (SSSR count). The highest BCUT2D eigenvalue weighted by atomic mass is 35.5. The molecule has 1 unspecified atom stereocenters. The number of carbonyl (C=O) groups excluding carboxylic acids is 1. The number of morpholine rings is 1. The molecule has 9 heteroatoms. The van der Waals surface area contributed by atoms with Crippen molar-refractivity contribution in [2.24, 2.45) is 0 Å². The summed E-state index contributed by atoms with van der Waals surface area (Å²) in [4.78, 5) is 14.8. The molecule has 1 fully saturated rings. The molecule has 1 amide bonds. The summed E-state index contributed by atoms with van der Waals surface area (Å²) in [5.41, 5.74) is 2.07. The summed E-state index contributed by atoms with van der Waals surface area (Å²) in [6.07, 6.45) is 0. The van der Waals surface area contributed by atoms with Gasteiger partial charge in [-0.25, -0.2) is 8.42 Å². The Bertz CT molecular complexity index is 959. The van der Waals surface area contributed by atoms with Crippen molar-refractivity contribution in [3.63, 3.8) is 0 Å². The number of halogens is 1. The summed E-state index contributed by atoms with van der Waals surface area (Å²) >= 11 is 5.81. The lowest BCUT2D eigenvalue weighted by atomic mass is 10.1. The molecule has 2 aromatic carbocycles. The fraction of sp³-hybridized carbons (Fsp3) is 0.381. The molecule has 30 heavy (non-hydrogen) atoms. The van der Waals surface area contributed by atoms with Gasteiger partial charge in [0.15, 0.2) is 0 Å². The Morgan fingerprint density at radius 1 is 1.13 bits per heavy atom. The minimum Gasteiger partial charge on any atom is -0.378 e. The van der Waals surface area contributed by atoms with Crippen LogP contribution in [0, 0.1) is 0 Å². The molecule has 1 N–H and O–H groups in total. The zero-order chi connectivity index (χ0) is 21.7. The summed E-state index contributed by atoms with van der Waals surface area (Å²) in [5.74, 6) is -0.375. The fourth-order valence-corrected chi connectivity index (χ4v) is 4.49. The quantitative estimate of drug-likeness (QED) is 0.700. The van der Waals surface area contributed by atoms with Gasteiger partial charge in [0.25, 0.3) is 0 Å². The summed E-state index contributed by atoms with van der Waals surface area (Å²) in [7, 11) is -2.39. The van der Waals surface area contributed by atoms with E-state index in [-0.39, 0.29) is 23.4 Å². The van der Waals surface area contributed by atoms with Crippen LogP contribution in [0.1, 0.15) is 18.5 Å². The summed E-state index contributed by atoms with van der Waals surface area (Å²) in [5, 5.41) is 3.31. The number of carbonyl (C=O) groups is 1. The maximum atomic E-state index is 12.6. The first-order chi connectivity index (χ1) is 14.3. The topological polar surface area (TPSA) is 79.0 Å². The molecule has 0 bridgehead atoms. The molecule has 0 aromatic heterocycles. The third kappa shape index (κ3) is 5.51. The zero-order valence-corrected chi connectivity index (χ0v) is 18.6. The predicted molar refractivity (Wildman–Crippen MR) is 117 cm³/mol. The number of anilines is 1. The molecule has 1 saturated heterocycles. The molecule has 162 valence electrons. The number of ether oxygens (including phenoxy) is 1. The minimum atomic E-state index is -3.77. The molecule has 1 aliphatic heterocycles. The van der Waals surface area contributed by atoms with Crippen molar-refractivity contribution in [3.05, 3.63) is 59.1 Å². The normalized spacial score (nSPS) is 15.8. The van der Waals surface area contributed by atoms with Crippen molar-refractivity contribution in [2.45, 2.75) is 17.9 Å². The van der Waals surface area contributed by atoms with Crippen LogP contribution in [-0.4, -0.2) is 58.5 Å². The van der Waals surface area contributed by atoms with Crippen molar-refractivity contribution in [3.8, 4) is 0 Å². The van der Waals surface area contributed by atoms with Gasteiger partial charge in [-0.15, -0.1) is 0 Å². The lowest BCUT2D eigenvalue weighted by Crippen LogP contribution is -2.39. The molecule has 1 aliphatic rings. The third-order valence-electron chi connectivity index (χ3n) is 5.03. The number of hydrogen-bond donors (Lipinski definition) is 1. The minimum absolute atomic E-state index is 0.0916. The summed E-state index contributed by atoms with van der Waals surface area (Å²) in [6, 6.07) is 13.6. The Morgan fingerprint density at radius 3 is 2.33 bits per heavy atom. The van der Waals surface area contributed by atoms with Crippen LogP contribution < -0.4 is 10.2 Å². The van der Waals surface area contributed by atoms with E-state index < -0.39 is 10.0 Å². The molecule has 0 saturated carbocycles. The Morgan fingerprint density at radius 2 is 1.73 bits per heavy atom. The van der Waals surface area contributed by atoms with Gasteiger partial charge in [-0.05, 0) is 48.9 Å². The zero-order valence-electron chi connectivity index (χ0n) is 17.0.